The Labute approximate surface area is 242 Å². The Morgan fingerprint density at radius 3 is 2.51 bits per heavy atom. The highest BCUT2D eigenvalue weighted by Crippen LogP contribution is 2.44. The van der Waals surface area contributed by atoms with Gasteiger partial charge in [0.2, 0.25) is 5.13 Å². The molecule has 1 N–H and O–H groups in total. The highest BCUT2D eigenvalue weighted by molar-refractivity contribution is 8.00. The van der Waals surface area contributed by atoms with Crippen molar-refractivity contribution in [1.29, 1.82) is 0 Å². The molecule has 0 unspecified atom stereocenters. The van der Waals surface area contributed by atoms with Crippen LogP contribution in [0.4, 0.5) is 13.9 Å². The third kappa shape index (κ3) is 5.00. The van der Waals surface area contributed by atoms with Gasteiger partial charge in [-0.3, -0.25) is 14.5 Å². The number of carbonyl (C=O) groups is 2. The number of carbonyl (C=O) groups excluding carboxylic acids is 2. The summed E-state index contributed by atoms with van der Waals surface area (Å²) in [6.45, 7) is 1.57. The molecule has 41 heavy (non-hydrogen) atoms. The lowest BCUT2D eigenvalue weighted by molar-refractivity contribution is -0.132. The predicted molar refractivity (Wildman–Crippen MR) is 156 cm³/mol. The zero-order valence-electron chi connectivity index (χ0n) is 21.5. The molecule has 6 nitrogen and oxygen atoms in total. The van der Waals surface area contributed by atoms with Crippen LogP contribution in [0.5, 0.6) is 0 Å². The molecule has 1 amide bonds. The van der Waals surface area contributed by atoms with Crippen molar-refractivity contribution in [1.82, 2.24) is 10.2 Å². The lowest BCUT2D eigenvalue weighted by atomic mass is 9.95. The zero-order chi connectivity index (χ0) is 28.7. The first-order chi connectivity index (χ1) is 19.8. The number of benzene rings is 4. The summed E-state index contributed by atoms with van der Waals surface area (Å²) in [6.07, 6.45) is 0. The van der Waals surface area contributed by atoms with E-state index in [0.29, 0.717) is 21.2 Å². The summed E-state index contributed by atoms with van der Waals surface area (Å²) in [5, 5.41) is 22.0. The van der Waals surface area contributed by atoms with Crippen molar-refractivity contribution in [2.45, 2.75) is 23.1 Å². The van der Waals surface area contributed by atoms with E-state index in [9.17, 15) is 23.5 Å². The third-order valence-electron chi connectivity index (χ3n) is 6.91. The van der Waals surface area contributed by atoms with Gasteiger partial charge >= 0.3 is 5.91 Å². The molecule has 0 spiro atoms. The number of halogens is 2. The molecule has 1 aliphatic heterocycles. The number of nitrogens with zero attached hydrogens (tertiary/aromatic N) is 3. The van der Waals surface area contributed by atoms with Crippen LogP contribution in [-0.4, -0.2) is 27.0 Å². The molecule has 4 aromatic carbocycles. The van der Waals surface area contributed by atoms with E-state index in [0.717, 1.165) is 38.6 Å². The first-order valence-corrected chi connectivity index (χ1v) is 14.4. The van der Waals surface area contributed by atoms with E-state index in [1.54, 1.807) is 6.92 Å². The van der Waals surface area contributed by atoms with Crippen LogP contribution >= 0.6 is 23.1 Å². The SMILES string of the molecule is Cc1ccc(C(O)=C2C(=O)C(=O)N(c3nnc(SCc4cccc5ccccc45)s3)[C@@H]2c2ccc(F)cc2)cc1F. The van der Waals surface area contributed by atoms with Crippen LogP contribution in [0, 0.1) is 18.6 Å². The summed E-state index contributed by atoms with van der Waals surface area (Å²) in [5.41, 5.74) is 1.65. The van der Waals surface area contributed by atoms with Gasteiger partial charge in [0.25, 0.3) is 5.78 Å². The second-order valence-electron chi connectivity index (χ2n) is 9.46. The third-order valence-corrected chi connectivity index (χ3v) is 9.01. The molecule has 0 bridgehead atoms. The average molecular weight is 586 g/mol. The Morgan fingerprint density at radius 2 is 1.73 bits per heavy atom. The first kappa shape index (κ1) is 26.8. The number of aromatic nitrogens is 2. The van der Waals surface area contributed by atoms with Gasteiger partial charge in [-0.25, -0.2) is 8.78 Å². The number of anilines is 1. The topological polar surface area (TPSA) is 83.4 Å². The van der Waals surface area contributed by atoms with Gasteiger partial charge in [-0.2, -0.15) is 0 Å². The van der Waals surface area contributed by atoms with Crippen LogP contribution in [0.3, 0.4) is 0 Å². The summed E-state index contributed by atoms with van der Waals surface area (Å²) in [6, 6.07) is 22.3. The molecule has 2 heterocycles. The maximum atomic E-state index is 14.3. The minimum absolute atomic E-state index is 0.0433. The summed E-state index contributed by atoms with van der Waals surface area (Å²) < 4.78 is 28.7. The van der Waals surface area contributed by atoms with E-state index in [2.05, 4.69) is 16.3 Å². The number of hydrogen-bond acceptors (Lipinski definition) is 7. The van der Waals surface area contributed by atoms with Crippen LogP contribution in [0.1, 0.15) is 28.3 Å². The van der Waals surface area contributed by atoms with Crippen molar-refractivity contribution >= 4 is 56.5 Å². The van der Waals surface area contributed by atoms with Gasteiger partial charge in [-0.05, 0) is 52.6 Å². The number of fused-ring (bicyclic) bond motifs is 1. The molecule has 204 valence electrons. The number of ketones is 1. The minimum Gasteiger partial charge on any atom is -0.507 e. The Morgan fingerprint density at radius 1 is 0.976 bits per heavy atom. The second-order valence-corrected chi connectivity index (χ2v) is 11.6. The van der Waals surface area contributed by atoms with Gasteiger partial charge in [0.1, 0.15) is 17.4 Å². The van der Waals surface area contributed by atoms with E-state index in [-0.39, 0.29) is 16.3 Å². The van der Waals surface area contributed by atoms with Gasteiger partial charge in [0.15, 0.2) is 4.34 Å². The van der Waals surface area contributed by atoms with Crippen LogP contribution in [-0.2, 0) is 15.3 Å². The van der Waals surface area contributed by atoms with Gasteiger partial charge in [0, 0.05) is 11.3 Å². The average Bonchev–Trinajstić information content (AvgIpc) is 3.55. The smallest absolute Gasteiger partial charge is 0.301 e. The number of thioether (sulfide) groups is 1. The van der Waals surface area contributed by atoms with Crippen molar-refractivity contribution < 1.29 is 23.5 Å². The molecule has 5 aromatic rings. The largest absolute Gasteiger partial charge is 0.507 e. The Kier molecular flexibility index (Phi) is 7.10. The molecular formula is C31H21F2N3O3S2. The number of Topliss-reactive ketones (excluding diaryl/α,β-unsaturated/α-hetero) is 1. The van der Waals surface area contributed by atoms with E-state index >= 15 is 0 Å². The number of amides is 1. The highest BCUT2D eigenvalue weighted by Gasteiger charge is 2.48. The first-order valence-electron chi connectivity index (χ1n) is 12.6. The molecule has 0 radical (unpaired) electrons. The fraction of sp³-hybridized carbons (Fsp3) is 0.0968. The van der Waals surface area contributed by atoms with Crippen LogP contribution in [0.15, 0.2) is 94.8 Å². The van der Waals surface area contributed by atoms with E-state index < -0.39 is 35.1 Å². The predicted octanol–water partition coefficient (Wildman–Crippen LogP) is 7.20. The fourth-order valence-corrected chi connectivity index (χ4v) is 6.67. The minimum atomic E-state index is -1.12. The molecule has 1 atom stereocenters. The van der Waals surface area contributed by atoms with Crippen molar-refractivity contribution in [3.63, 3.8) is 0 Å². The summed E-state index contributed by atoms with van der Waals surface area (Å²) >= 11 is 2.58. The summed E-state index contributed by atoms with van der Waals surface area (Å²) in [7, 11) is 0. The second kappa shape index (κ2) is 10.9. The van der Waals surface area contributed by atoms with E-state index in [1.807, 2.05) is 36.4 Å². The molecule has 0 saturated carbocycles. The zero-order valence-corrected chi connectivity index (χ0v) is 23.2. The number of aliphatic hydroxyl groups excluding tert-OH is 1. The quantitative estimate of drug-likeness (QED) is 0.0746. The molecule has 1 fully saturated rings. The highest BCUT2D eigenvalue weighted by atomic mass is 32.2. The maximum Gasteiger partial charge on any atom is 0.301 e. The lowest BCUT2D eigenvalue weighted by Crippen LogP contribution is -2.29. The number of aliphatic hydroxyl groups is 1. The Bertz CT molecular complexity index is 1850. The number of aryl methyl sites for hydroxylation is 1. The number of rotatable bonds is 6. The van der Waals surface area contributed by atoms with Crippen molar-refractivity contribution in [3.05, 3.63) is 124 Å². The Balaban J connectivity index is 1.37. The summed E-state index contributed by atoms with van der Waals surface area (Å²) in [5.74, 6) is -2.88. The monoisotopic (exact) mass is 585 g/mol. The van der Waals surface area contributed by atoms with Gasteiger partial charge < -0.3 is 5.11 Å². The van der Waals surface area contributed by atoms with E-state index in [1.165, 1.54) is 48.2 Å². The van der Waals surface area contributed by atoms with Crippen molar-refractivity contribution in [2.24, 2.45) is 0 Å². The van der Waals surface area contributed by atoms with Crippen molar-refractivity contribution in [2.75, 3.05) is 4.90 Å². The van der Waals surface area contributed by atoms with Crippen molar-refractivity contribution in [3.8, 4) is 0 Å². The van der Waals surface area contributed by atoms with Gasteiger partial charge in [0.05, 0.1) is 11.6 Å². The molecule has 1 saturated heterocycles. The molecular weight excluding hydrogens is 564 g/mol. The van der Waals surface area contributed by atoms with Crippen LogP contribution in [0.2, 0.25) is 0 Å². The number of hydrogen-bond donors (Lipinski definition) is 1. The fourth-order valence-electron chi connectivity index (χ4n) is 4.80. The van der Waals surface area contributed by atoms with Gasteiger partial charge in [-0.1, -0.05) is 89.8 Å². The molecule has 1 aromatic heterocycles. The van der Waals surface area contributed by atoms with Crippen LogP contribution in [0.25, 0.3) is 16.5 Å². The maximum absolute atomic E-state index is 14.3. The van der Waals surface area contributed by atoms with E-state index in [4.69, 9.17) is 0 Å². The Hall–Kier alpha value is -4.41. The van der Waals surface area contributed by atoms with Crippen LogP contribution < -0.4 is 4.90 Å². The van der Waals surface area contributed by atoms with Gasteiger partial charge in [-0.15, -0.1) is 10.2 Å². The normalized spacial score (nSPS) is 16.6. The molecule has 10 heteroatoms. The molecule has 1 aliphatic rings. The molecule has 0 aliphatic carbocycles. The lowest BCUT2D eigenvalue weighted by Gasteiger charge is -2.22. The molecule has 6 rings (SSSR count). The summed E-state index contributed by atoms with van der Waals surface area (Å²) in [4.78, 5) is 27.9. The standard InChI is InChI=1S/C31H21F2N3O3S2/c1-17-9-10-20(15-24(17)33)27(37)25-26(19-11-13-22(32)14-12-19)36(29(39)28(25)38)30-34-35-31(41-30)40-16-21-7-4-6-18-5-2-3-8-23(18)21/h2-15,26,37H,16H2,1H3/t26-/m1/s1.